The van der Waals surface area contributed by atoms with Gasteiger partial charge < -0.3 is 10.1 Å². The summed E-state index contributed by atoms with van der Waals surface area (Å²) in [5.74, 6) is -0.848. The number of ether oxygens (including phenoxy) is 1. The lowest BCUT2D eigenvalue weighted by Gasteiger charge is -2.42. The lowest BCUT2D eigenvalue weighted by atomic mass is 9.78. The highest BCUT2D eigenvalue weighted by Gasteiger charge is 2.56. The molecule has 1 N–H and O–H groups in total. The number of halogens is 1. The maximum atomic E-state index is 14.2. The predicted molar refractivity (Wildman–Crippen MR) is 107 cm³/mol. The highest BCUT2D eigenvalue weighted by atomic mass is 19.1. The number of hydrogen-bond acceptors (Lipinski definition) is 3. The van der Waals surface area contributed by atoms with Crippen LogP contribution in [-0.2, 0) is 4.74 Å². The maximum Gasteiger partial charge on any atom is 0.254 e. The smallest absolute Gasteiger partial charge is 0.254 e. The van der Waals surface area contributed by atoms with Gasteiger partial charge in [0.1, 0.15) is 5.82 Å². The van der Waals surface area contributed by atoms with Crippen molar-refractivity contribution in [1.29, 1.82) is 0 Å². The molecule has 2 aliphatic heterocycles. The van der Waals surface area contributed by atoms with E-state index in [2.05, 4.69) is 22.3 Å². The van der Waals surface area contributed by atoms with Gasteiger partial charge in [-0.05, 0) is 43.4 Å². The van der Waals surface area contributed by atoms with E-state index in [0.29, 0.717) is 12.6 Å². The number of carbonyl (C=O) groups excluding carboxylic acids is 1. The number of rotatable bonds is 7. The van der Waals surface area contributed by atoms with Crippen LogP contribution in [0.1, 0.15) is 47.6 Å². The molecule has 1 amide bonds. The molecule has 0 radical (unpaired) electrons. The molecular weight excluding hydrogens is 355 g/mol. The topological polar surface area (TPSA) is 41.6 Å². The summed E-state index contributed by atoms with van der Waals surface area (Å²) in [6, 6.07) is 16.6. The van der Waals surface area contributed by atoms with E-state index in [1.807, 2.05) is 18.2 Å². The second-order valence-electron chi connectivity index (χ2n) is 7.82. The standard InChI is InChI=1S/C23H27FN2O2/c1-28-16-15-26-18-11-13-23(26,14-12-18)21(17-7-3-2-4-8-17)25-22(27)19-9-5-6-10-20(19)24/h2-10,18,21H,11-16H2,1H3,(H,25,27). The number of benzene rings is 2. The number of nitrogens with one attached hydrogen (secondary N) is 1. The van der Waals surface area contributed by atoms with Gasteiger partial charge in [-0.3, -0.25) is 9.69 Å². The van der Waals surface area contributed by atoms with Crippen LogP contribution in [0, 0.1) is 5.82 Å². The van der Waals surface area contributed by atoms with Crippen molar-refractivity contribution in [1.82, 2.24) is 10.2 Å². The van der Waals surface area contributed by atoms with Gasteiger partial charge in [-0.15, -0.1) is 0 Å². The van der Waals surface area contributed by atoms with Crippen LogP contribution in [-0.4, -0.2) is 42.6 Å². The Kier molecular flexibility index (Phi) is 5.47. The van der Waals surface area contributed by atoms with Crippen LogP contribution in [0.4, 0.5) is 4.39 Å². The second kappa shape index (κ2) is 8.02. The number of carbonyl (C=O) groups is 1. The van der Waals surface area contributed by atoms with Gasteiger partial charge in [0, 0.05) is 25.2 Å². The molecule has 2 heterocycles. The lowest BCUT2D eigenvalue weighted by molar-refractivity contribution is 0.0636. The predicted octanol–water partition coefficient (Wildman–Crippen LogP) is 3.94. The summed E-state index contributed by atoms with van der Waals surface area (Å²) in [5, 5.41) is 3.20. The Morgan fingerprint density at radius 2 is 1.86 bits per heavy atom. The van der Waals surface area contributed by atoms with Gasteiger partial charge in [-0.25, -0.2) is 4.39 Å². The Morgan fingerprint density at radius 1 is 1.18 bits per heavy atom. The van der Waals surface area contributed by atoms with Gasteiger partial charge in [0.05, 0.1) is 18.2 Å². The van der Waals surface area contributed by atoms with Crippen LogP contribution >= 0.6 is 0 Å². The number of hydrogen-bond donors (Lipinski definition) is 1. The third-order valence-electron chi connectivity index (χ3n) is 6.43. The molecule has 0 aliphatic carbocycles. The van der Waals surface area contributed by atoms with Crippen LogP contribution in [0.15, 0.2) is 54.6 Å². The van der Waals surface area contributed by atoms with Gasteiger partial charge in [0.2, 0.25) is 0 Å². The first-order valence-electron chi connectivity index (χ1n) is 10.0. The minimum atomic E-state index is -0.490. The van der Waals surface area contributed by atoms with Crippen LogP contribution in [0.5, 0.6) is 0 Å². The molecular formula is C23H27FN2O2. The van der Waals surface area contributed by atoms with Gasteiger partial charge >= 0.3 is 0 Å². The summed E-state index contributed by atoms with van der Waals surface area (Å²) in [7, 11) is 1.72. The van der Waals surface area contributed by atoms with Crippen LogP contribution in [0.3, 0.4) is 0 Å². The van der Waals surface area contributed by atoms with Gasteiger partial charge in [-0.1, -0.05) is 42.5 Å². The molecule has 1 unspecified atom stereocenters. The third kappa shape index (κ3) is 3.33. The zero-order valence-corrected chi connectivity index (χ0v) is 16.2. The molecule has 2 aliphatic rings. The van der Waals surface area contributed by atoms with Crippen molar-refractivity contribution in [2.45, 2.75) is 43.3 Å². The number of amides is 1. The average molecular weight is 382 g/mol. The molecule has 2 aromatic carbocycles. The lowest BCUT2D eigenvalue weighted by Crippen LogP contribution is -2.53. The van der Waals surface area contributed by atoms with Crippen LogP contribution < -0.4 is 5.32 Å². The van der Waals surface area contributed by atoms with E-state index in [-0.39, 0.29) is 23.1 Å². The summed E-state index contributed by atoms with van der Waals surface area (Å²) in [6.45, 7) is 1.51. The molecule has 28 heavy (non-hydrogen) atoms. The van der Waals surface area contributed by atoms with E-state index in [4.69, 9.17) is 4.74 Å². The minimum absolute atomic E-state index is 0.0933. The van der Waals surface area contributed by atoms with Crippen molar-refractivity contribution in [3.63, 3.8) is 0 Å². The largest absolute Gasteiger partial charge is 0.383 e. The van der Waals surface area contributed by atoms with E-state index in [1.165, 1.54) is 6.07 Å². The van der Waals surface area contributed by atoms with E-state index in [0.717, 1.165) is 37.8 Å². The van der Waals surface area contributed by atoms with Crippen molar-refractivity contribution in [3.8, 4) is 0 Å². The Labute approximate surface area is 165 Å². The first-order valence-corrected chi connectivity index (χ1v) is 10.0. The molecule has 0 saturated carbocycles. The molecule has 4 nitrogen and oxygen atoms in total. The van der Waals surface area contributed by atoms with E-state index >= 15 is 0 Å². The zero-order valence-electron chi connectivity index (χ0n) is 16.2. The molecule has 2 bridgehead atoms. The summed E-state index contributed by atoms with van der Waals surface area (Å²) >= 11 is 0. The molecule has 2 fully saturated rings. The zero-order chi connectivity index (χ0) is 19.6. The molecule has 0 aromatic heterocycles. The summed E-state index contributed by atoms with van der Waals surface area (Å²) in [6.07, 6.45) is 4.31. The molecule has 1 atom stereocenters. The molecule has 2 aromatic rings. The number of fused-ring (bicyclic) bond motifs is 2. The fraction of sp³-hybridized carbons (Fsp3) is 0.435. The Balaban J connectivity index is 1.69. The molecule has 148 valence electrons. The molecule has 4 rings (SSSR count). The fourth-order valence-electron chi connectivity index (χ4n) is 5.14. The highest BCUT2D eigenvalue weighted by Crippen LogP contribution is 2.52. The van der Waals surface area contributed by atoms with Gasteiger partial charge in [0.25, 0.3) is 5.91 Å². The van der Waals surface area contributed by atoms with E-state index < -0.39 is 5.82 Å². The first kappa shape index (κ1) is 19.1. The molecule has 0 spiro atoms. The van der Waals surface area contributed by atoms with E-state index in [9.17, 15) is 9.18 Å². The summed E-state index contributed by atoms with van der Waals surface area (Å²) < 4.78 is 19.6. The van der Waals surface area contributed by atoms with Crippen molar-refractivity contribution < 1.29 is 13.9 Å². The number of methoxy groups -OCH3 is 1. The average Bonchev–Trinajstić information content (AvgIpc) is 3.26. The quantitative estimate of drug-likeness (QED) is 0.789. The van der Waals surface area contributed by atoms with Crippen LogP contribution in [0.2, 0.25) is 0 Å². The maximum absolute atomic E-state index is 14.2. The molecule has 5 heteroatoms. The number of nitrogens with zero attached hydrogens (tertiary/aromatic N) is 1. The third-order valence-corrected chi connectivity index (χ3v) is 6.43. The summed E-state index contributed by atoms with van der Waals surface area (Å²) in [4.78, 5) is 15.5. The Hall–Kier alpha value is -2.24. The van der Waals surface area contributed by atoms with Crippen molar-refractivity contribution >= 4 is 5.91 Å². The van der Waals surface area contributed by atoms with Gasteiger partial charge in [0.15, 0.2) is 0 Å². The normalized spacial score (nSPS) is 25.0. The van der Waals surface area contributed by atoms with E-state index in [1.54, 1.807) is 25.3 Å². The van der Waals surface area contributed by atoms with Crippen molar-refractivity contribution in [2.24, 2.45) is 0 Å². The SMILES string of the molecule is COCCN1C2CCC1(C(NC(=O)c1ccccc1F)c1ccccc1)CC2. The Bertz CT molecular complexity index is 818. The van der Waals surface area contributed by atoms with Crippen molar-refractivity contribution in [3.05, 3.63) is 71.5 Å². The highest BCUT2D eigenvalue weighted by molar-refractivity contribution is 5.94. The minimum Gasteiger partial charge on any atom is -0.383 e. The van der Waals surface area contributed by atoms with Crippen molar-refractivity contribution in [2.75, 3.05) is 20.3 Å². The fourth-order valence-corrected chi connectivity index (χ4v) is 5.14. The molecule has 2 saturated heterocycles. The second-order valence-corrected chi connectivity index (χ2v) is 7.82. The monoisotopic (exact) mass is 382 g/mol. The summed E-state index contributed by atoms with van der Waals surface area (Å²) in [5.41, 5.74) is 1.01. The van der Waals surface area contributed by atoms with Gasteiger partial charge in [-0.2, -0.15) is 0 Å². The van der Waals surface area contributed by atoms with Crippen LogP contribution in [0.25, 0.3) is 0 Å². The Morgan fingerprint density at radius 3 is 2.54 bits per heavy atom. The first-order chi connectivity index (χ1) is 13.7.